The van der Waals surface area contributed by atoms with Crippen molar-refractivity contribution in [1.29, 1.82) is 0 Å². The van der Waals surface area contributed by atoms with E-state index >= 15 is 9.59 Å². The van der Waals surface area contributed by atoms with Gasteiger partial charge in [0, 0.05) is 25.3 Å². The van der Waals surface area contributed by atoms with E-state index in [1.54, 1.807) is 14.7 Å². The van der Waals surface area contributed by atoms with Crippen LogP contribution in [0.4, 0.5) is 5.69 Å². The lowest BCUT2D eigenvalue weighted by Crippen LogP contribution is -2.60. The van der Waals surface area contributed by atoms with Crippen molar-refractivity contribution in [3.8, 4) is 0 Å². The number of carbonyl (C=O) groups is 3. The van der Waals surface area contributed by atoms with Gasteiger partial charge in [0.25, 0.3) is 5.91 Å². The van der Waals surface area contributed by atoms with Gasteiger partial charge in [-0.3, -0.25) is 14.4 Å². The lowest BCUT2D eigenvalue weighted by Gasteiger charge is -2.42. The number of amides is 3. The predicted molar refractivity (Wildman–Crippen MR) is 181 cm³/mol. The molecule has 2 fully saturated rings. The standard InChI is InChI=1S/C39H43N3O5/c1-4-26(3)31(25-43)42-34-37(46)41(30-18-17-28-15-9-10-16-29(28)23-30)22-12-20-39(34)33(36(42)45)32-35(44)40(24-27-13-7-6-8-14-27)21-11-19-38(32,5-2)47-39/h6-20,23,26,31-34,43H,4-5,21-22,24-25H2,1-3H3/t26-,31-,32+,33-,34?,38-,39-/m0/s1. The van der Waals surface area contributed by atoms with Crippen molar-refractivity contribution in [1.82, 2.24) is 9.80 Å². The maximum absolute atomic E-state index is 15.1. The average Bonchev–Trinajstić information content (AvgIpc) is 3.39. The van der Waals surface area contributed by atoms with Crippen LogP contribution < -0.4 is 4.90 Å². The van der Waals surface area contributed by atoms with Gasteiger partial charge in [0.1, 0.15) is 11.6 Å². The largest absolute Gasteiger partial charge is 0.394 e. The molecule has 0 aromatic heterocycles. The van der Waals surface area contributed by atoms with E-state index in [1.165, 1.54) is 0 Å². The minimum absolute atomic E-state index is 0.0933. The molecule has 7 atom stereocenters. The van der Waals surface area contributed by atoms with E-state index in [1.807, 2.05) is 118 Å². The summed E-state index contributed by atoms with van der Waals surface area (Å²) in [5.41, 5.74) is -0.743. The summed E-state index contributed by atoms with van der Waals surface area (Å²) in [7, 11) is 0. The second kappa shape index (κ2) is 12.1. The smallest absolute Gasteiger partial charge is 0.253 e. The number of anilines is 1. The Kier molecular flexibility index (Phi) is 8.05. The Bertz CT molecular complexity index is 1760. The summed E-state index contributed by atoms with van der Waals surface area (Å²) in [6.45, 7) is 6.77. The molecule has 8 nitrogen and oxygen atoms in total. The fraction of sp³-hybridized carbons (Fsp3) is 0.410. The monoisotopic (exact) mass is 633 g/mol. The van der Waals surface area contributed by atoms with Gasteiger partial charge in [0.2, 0.25) is 11.8 Å². The van der Waals surface area contributed by atoms with Crippen molar-refractivity contribution in [2.75, 3.05) is 24.6 Å². The molecule has 3 aromatic carbocycles. The first-order valence-corrected chi connectivity index (χ1v) is 16.9. The van der Waals surface area contributed by atoms with E-state index in [-0.39, 0.29) is 36.8 Å². The lowest BCUT2D eigenvalue weighted by molar-refractivity contribution is -0.154. The maximum Gasteiger partial charge on any atom is 0.253 e. The van der Waals surface area contributed by atoms with Crippen molar-refractivity contribution >= 4 is 34.2 Å². The molecule has 0 saturated carbocycles. The Labute approximate surface area is 276 Å². The highest BCUT2D eigenvalue weighted by molar-refractivity contribution is 6.07. The summed E-state index contributed by atoms with van der Waals surface area (Å²) in [6.07, 6.45) is 8.90. The highest BCUT2D eigenvalue weighted by Gasteiger charge is 2.76. The number of fused-ring (bicyclic) bond motifs is 3. The van der Waals surface area contributed by atoms with Gasteiger partial charge in [0.05, 0.1) is 30.1 Å². The summed E-state index contributed by atoms with van der Waals surface area (Å²) in [5, 5.41) is 12.9. The molecular formula is C39H43N3O5. The van der Waals surface area contributed by atoms with Crippen LogP contribution in [0.15, 0.2) is 97.1 Å². The molecule has 4 heterocycles. The third-order valence-electron chi connectivity index (χ3n) is 11.1. The van der Waals surface area contributed by atoms with Gasteiger partial charge < -0.3 is 24.5 Å². The fourth-order valence-corrected chi connectivity index (χ4v) is 8.44. The van der Waals surface area contributed by atoms with Crippen LogP contribution in [-0.2, 0) is 25.7 Å². The van der Waals surface area contributed by atoms with Gasteiger partial charge in [-0.05, 0) is 40.8 Å². The molecule has 3 amide bonds. The van der Waals surface area contributed by atoms with Crippen LogP contribution in [-0.4, -0.2) is 75.6 Å². The number of nitrogens with zero attached hydrogens (tertiary/aromatic N) is 3. The maximum atomic E-state index is 15.1. The molecule has 4 aliphatic rings. The molecule has 1 unspecified atom stereocenters. The third kappa shape index (κ3) is 4.83. The van der Waals surface area contributed by atoms with Gasteiger partial charge >= 0.3 is 0 Å². The first-order chi connectivity index (χ1) is 22.8. The van der Waals surface area contributed by atoms with Gasteiger partial charge in [-0.1, -0.05) is 112 Å². The SMILES string of the molecule is CC[C@H](C)[C@H](CO)N1C(=O)[C@@H]2[C@@H]3C(=O)N(Cc4ccccc4)CC=C[C@]3(CC)O[C@@]23C=CCN(c2ccc4ccccc4c2)C(=O)C13. The quantitative estimate of drug-likeness (QED) is 0.349. The highest BCUT2D eigenvalue weighted by atomic mass is 16.5. The molecule has 47 heavy (non-hydrogen) atoms. The molecule has 0 aliphatic carbocycles. The number of ether oxygens (including phenoxy) is 1. The van der Waals surface area contributed by atoms with Crippen molar-refractivity contribution in [3.05, 3.63) is 103 Å². The van der Waals surface area contributed by atoms with Crippen LogP contribution in [0.2, 0.25) is 0 Å². The zero-order valence-electron chi connectivity index (χ0n) is 27.3. The van der Waals surface area contributed by atoms with Gasteiger partial charge in [-0.2, -0.15) is 0 Å². The van der Waals surface area contributed by atoms with Gasteiger partial charge in [0.15, 0.2) is 0 Å². The third-order valence-corrected chi connectivity index (χ3v) is 11.1. The Morgan fingerprint density at radius 1 is 0.851 bits per heavy atom. The van der Waals surface area contributed by atoms with Crippen LogP contribution >= 0.6 is 0 Å². The molecule has 4 aliphatic heterocycles. The molecule has 1 N–H and O–H groups in total. The van der Waals surface area contributed by atoms with E-state index in [9.17, 15) is 9.90 Å². The number of carbonyl (C=O) groups excluding carboxylic acids is 3. The Morgan fingerprint density at radius 3 is 2.30 bits per heavy atom. The van der Waals surface area contributed by atoms with E-state index in [4.69, 9.17) is 4.74 Å². The number of aliphatic hydroxyl groups excluding tert-OH is 1. The lowest BCUT2D eigenvalue weighted by atomic mass is 9.73. The van der Waals surface area contributed by atoms with Crippen LogP contribution in [0.25, 0.3) is 10.8 Å². The van der Waals surface area contributed by atoms with Crippen LogP contribution in [0.1, 0.15) is 39.2 Å². The molecule has 8 heteroatoms. The summed E-state index contributed by atoms with van der Waals surface area (Å²) >= 11 is 0. The average molecular weight is 634 g/mol. The Balaban J connectivity index is 1.36. The number of aliphatic hydroxyl groups is 1. The van der Waals surface area contributed by atoms with E-state index < -0.39 is 35.1 Å². The summed E-state index contributed by atoms with van der Waals surface area (Å²) in [6, 6.07) is 22.1. The Hall–Kier alpha value is -4.27. The fourth-order valence-electron chi connectivity index (χ4n) is 8.44. The van der Waals surface area contributed by atoms with E-state index in [0.29, 0.717) is 25.9 Å². The normalized spacial score (nSPS) is 29.8. The first kappa shape index (κ1) is 31.3. The predicted octanol–water partition coefficient (Wildman–Crippen LogP) is 5.11. The van der Waals surface area contributed by atoms with Crippen molar-refractivity contribution in [2.24, 2.45) is 17.8 Å². The zero-order chi connectivity index (χ0) is 32.9. The molecular weight excluding hydrogens is 590 g/mol. The minimum atomic E-state index is -1.39. The summed E-state index contributed by atoms with van der Waals surface area (Å²) in [5.74, 6) is -2.60. The van der Waals surface area contributed by atoms with Gasteiger partial charge in [-0.25, -0.2) is 0 Å². The number of rotatable bonds is 8. The Morgan fingerprint density at radius 2 is 1.57 bits per heavy atom. The molecule has 2 saturated heterocycles. The molecule has 0 radical (unpaired) electrons. The minimum Gasteiger partial charge on any atom is -0.394 e. The van der Waals surface area contributed by atoms with Crippen LogP contribution in [0, 0.1) is 17.8 Å². The molecule has 244 valence electrons. The highest BCUT2D eigenvalue weighted by Crippen LogP contribution is 2.59. The number of hydrogen-bond acceptors (Lipinski definition) is 5. The number of hydrogen-bond donors (Lipinski definition) is 1. The van der Waals surface area contributed by atoms with Crippen molar-refractivity contribution in [2.45, 2.75) is 63.4 Å². The molecule has 0 bridgehead atoms. The molecule has 1 spiro atoms. The summed E-state index contributed by atoms with van der Waals surface area (Å²) in [4.78, 5) is 49.9. The second-order valence-corrected chi connectivity index (χ2v) is 13.5. The van der Waals surface area contributed by atoms with Crippen molar-refractivity contribution in [3.63, 3.8) is 0 Å². The number of likely N-dealkylation sites (tertiary alicyclic amines) is 1. The number of benzene rings is 3. The molecule has 3 aromatic rings. The van der Waals surface area contributed by atoms with Crippen LogP contribution in [0.5, 0.6) is 0 Å². The van der Waals surface area contributed by atoms with E-state index in [0.717, 1.165) is 22.0 Å². The van der Waals surface area contributed by atoms with Gasteiger partial charge in [-0.15, -0.1) is 0 Å². The topological polar surface area (TPSA) is 90.4 Å². The van der Waals surface area contributed by atoms with Crippen LogP contribution in [0.3, 0.4) is 0 Å². The molecule has 7 rings (SSSR count). The zero-order valence-corrected chi connectivity index (χ0v) is 27.3. The second-order valence-electron chi connectivity index (χ2n) is 13.5. The van der Waals surface area contributed by atoms with E-state index in [2.05, 4.69) is 0 Å². The first-order valence-electron chi connectivity index (χ1n) is 16.9. The summed E-state index contributed by atoms with van der Waals surface area (Å²) < 4.78 is 7.17. The van der Waals surface area contributed by atoms with Crippen molar-refractivity contribution < 1.29 is 24.2 Å².